The molecule has 0 bridgehead atoms. The van der Waals surface area contributed by atoms with Crippen LogP contribution in [0.4, 0.5) is 0 Å². The van der Waals surface area contributed by atoms with Crippen molar-refractivity contribution in [2.24, 2.45) is 0 Å². The van der Waals surface area contributed by atoms with E-state index in [0.29, 0.717) is 10.6 Å². The maximum Gasteiger partial charge on any atom is 0.225 e. The van der Waals surface area contributed by atoms with Gasteiger partial charge in [-0.05, 0) is 50.1 Å². The molecule has 2 aromatic carbocycles. The number of carbonyl (C=O) groups excluding carboxylic acids is 2. The minimum atomic E-state index is -0.561. The molecule has 0 aliphatic rings. The van der Waals surface area contributed by atoms with Crippen molar-refractivity contribution in [1.29, 1.82) is 0 Å². The highest BCUT2D eigenvalue weighted by molar-refractivity contribution is 6.30. The van der Waals surface area contributed by atoms with Crippen LogP contribution < -0.4 is 5.32 Å². The molecule has 120 valence electrons. The van der Waals surface area contributed by atoms with Gasteiger partial charge in [-0.1, -0.05) is 41.9 Å². The summed E-state index contributed by atoms with van der Waals surface area (Å²) in [4.78, 5) is 23.8. The Hall–Kier alpha value is -2.13. The van der Waals surface area contributed by atoms with E-state index in [-0.39, 0.29) is 18.1 Å². The Kier molecular flexibility index (Phi) is 5.22. The van der Waals surface area contributed by atoms with Crippen LogP contribution in [-0.2, 0) is 16.8 Å². The average molecular weight is 330 g/mol. The third-order valence-corrected chi connectivity index (χ3v) is 3.97. The van der Waals surface area contributed by atoms with Gasteiger partial charge in [-0.15, -0.1) is 0 Å². The molecule has 0 spiro atoms. The molecule has 1 amide bonds. The van der Waals surface area contributed by atoms with Gasteiger partial charge < -0.3 is 5.32 Å². The summed E-state index contributed by atoms with van der Waals surface area (Å²) in [6.45, 7) is 5.38. The summed E-state index contributed by atoms with van der Waals surface area (Å²) < 4.78 is 0. The first kappa shape index (κ1) is 17.2. The van der Waals surface area contributed by atoms with Crippen molar-refractivity contribution in [1.82, 2.24) is 5.32 Å². The molecular weight excluding hydrogens is 310 g/mol. The molecular formula is C19H20ClNO2. The van der Waals surface area contributed by atoms with E-state index in [1.807, 2.05) is 44.2 Å². The van der Waals surface area contributed by atoms with E-state index < -0.39 is 5.54 Å². The van der Waals surface area contributed by atoms with Gasteiger partial charge in [0.2, 0.25) is 5.91 Å². The Bertz CT molecular complexity index is 720. The van der Waals surface area contributed by atoms with Gasteiger partial charge in [0.05, 0.1) is 12.0 Å². The van der Waals surface area contributed by atoms with Crippen LogP contribution in [0, 0.1) is 0 Å². The maximum atomic E-state index is 12.3. The lowest BCUT2D eigenvalue weighted by Gasteiger charge is -2.27. The van der Waals surface area contributed by atoms with Crippen LogP contribution in [0.15, 0.2) is 48.5 Å². The number of nitrogens with one attached hydrogen (secondary N) is 1. The van der Waals surface area contributed by atoms with E-state index in [4.69, 9.17) is 11.6 Å². The number of ketones is 1. The minimum absolute atomic E-state index is 0.00939. The summed E-state index contributed by atoms with van der Waals surface area (Å²) in [6.07, 6.45) is 0.285. The molecule has 4 heteroatoms. The number of rotatable bonds is 5. The molecule has 2 aromatic rings. The van der Waals surface area contributed by atoms with Gasteiger partial charge in [0, 0.05) is 10.6 Å². The highest BCUT2D eigenvalue weighted by atomic mass is 35.5. The fourth-order valence-electron chi connectivity index (χ4n) is 2.38. The fourth-order valence-corrected chi connectivity index (χ4v) is 2.51. The zero-order valence-corrected chi connectivity index (χ0v) is 14.3. The third kappa shape index (κ3) is 4.67. The second-order valence-corrected chi connectivity index (χ2v) is 6.55. The van der Waals surface area contributed by atoms with Crippen LogP contribution in [0.1, 0.15) is 42.3 Å². The number of hydrogen-bond acceptors (Lipinski definition) is 2. The van der Waals surface area contributed by atoms with E-state index in [9.17, 15) is 9.59 Å². The SMILES string of the molecule is CC(=O)c1cccc(C(C)(C)NC(=O)Cc2ccc(Cl)cc2)c1. The predicted octanol–water partition coefficient (Wildman–Crippen LogP) is 4.14. The monoisotopic (exact) mass is 329 g/mol. The lowest BCUT2D eigenvalue weighted by atomic mass is 9.92. The van der Waals surface area contributed by atoms with Crippen molar-refractivity contribution in [3.63, 3.8) is 0 Å². The molecule has 0 fully saturated rings. The number of carbonyl (C=O) groups is 2. The zero-order valence-electron chi connectivity index (χ0n) is 13.5. The molecule has 0 atom stereocenters. The number of halogens is 1. The molecule has 3 nitrogen and oxygen atoms in total. The Balaban J connectivity index is 2.10. The van der Waals surface area contributed by atoms with Crippen LogP contribution in [0.25, 0.3) is 0 Å². The van der Waals surface area contributed by atoms with Crippen molar-refractivity contribution in [2.75, 3.05) is 0 Å². The molecule has 0 heterocycles. The second-order valence-electron chi connectivity index (χ2n) is 6.11. The molecule has 0 saturated heterocycles. The molecule has 0 aromatic heterocycles. The van der Waals surface area contributed by atoms with E-state index >= 15 is 0 Å². The lowest BCUT2D eigenvalue weighted by molar-refractivity contribution is -0.122. The Morgan fingerprint density at radius 3 is 2.35 bits per heavy atom. The summed E-state index contributed by atoms with van der Waals surface area (Å²) >= 11 is 5.85. The molecule has 0 unspecified atom stereocenters. The molecule has 23 heavy (non-hydrogen) atoms. The van der Waals surface area contributed by atoms with Crippen LogP contribution in [0.2, 0.25) is 5.02 Å². The van der Waals surface area contributed by atoms with Crippen LogP contribution in [0.5, 0.6) is 0 Å². The van der Waals surface area contributed by atoms with Gasteiger partial charge in [0.1, 0.15) is 0 Å². The van der Waals surface area contributed by atoms with Crippen molar-refractivity contribution >= 4 is 23.3 Å². The second kappa shape index (κ2) is 6.97. The number of amides is 1. The molecule has 0 radical (unpaired) electrons. The van der Waals surface area contributed by atoms with Gasteiger partial charge in [-0.3, -0.25) is 9.59 Å². The molecule has 0 aliphatic carbocycles. The van der Waals surface area contributed by atoms with Gasteiger partial charge in [0.25, 0.3) is 0 Å². The maximum absolute atomic E-state index is 12.3. The number of hydrogen-bond donors (Lipinski definition) is 1. The summed E-state index contributed by atoms with van der Waals surface area (Å²) in [6, 6.07) is 14.6. The van der Waals surface area contributed by atoms with Gasteiger partial charge in [0.15, 0.2) is 5.78 Å². The fraction of sp³-hybridized carbons (Fsp3) is 0.263. The third-order valence-electron chi connectivity index (χ3n) is 3.72. The molecule has 2 rings (SSSR count). The van der Waals surface area contributed by atoms with Crippen LogP contribution in [0.3, 0.4) is 0 Å². The largest absolute Gasteiger partial charge is 0.347 e. The minimum Gasteiger partial charge on any atom is -0.347 e. The lowest BCUT2D eigenvalue weighted by Crippen LogP contribution is -2.41. The molecule has 0 saturated carbocycles. The first-order valence-corrected chi connectivity index (χ1v) is 7.83. The van der Waals surface area contributed by atoms with E-state index in [1.165, 1.54) is 6.92 Å². The smallest absolute Gasteiger partial charge is 0.225 e. The Morgan fingerprint density at radius 2 is 1.74 bits per heavy atom. The predicted molar refractivity (Wildman–Crippen MR) is 92.8 cm³/mol. The topological polar surface area (TPSA) is 46.2 Å². The average Bonchev–Trinajstić information content (AvgIpc) is 2.49. The van der Waals surface area contributed by atoms with Crippen molar-refractivity contribution < 1.29 is 9.59 Å². The summed E-state index contributed by atoms with van der Waals surface area (Å²) in [5.74, 6) is -0.0688. The Labute approximate surface area is 141 Å². The van der Waals surface area contributed by atoms with Crippen molar-refractivity contribution in [3.8, 4) is 0 Å². The van der Waals surface area contributed by atoms with E-state index in [0.717, 1.165) is 11.1 Å². The quantitative estimate of drug-likeness (QED) is 0.838. The first-order chi connectivity index (χ1) is 10.8. The number of benzene rings is 2. The highest BCUT2D eigenvalue weighted by Gasteiger charge is 2.23. The molecule has 1 N–H and O–H groups in total. The zero-order chi connectivity index (χ0) is 17.0. The normalized spacial score (nSPS) is 11.1. The van der Waals surface area contributed by atoms with Gasteiger partial charge >= 0.3 is 0 Å². The first-order valence-electron chi connectivity index (χ1n) is 7.45. The summed E-state index contributed by atoms with van der Waals surface area (Å²) in [5, 5.41) is 3.67. The summed E-state index contributed by atoms with van der Waals surface area (Å²) in [5.41, 5.74) is 1.88. The van der Waals surface area contributed by atoms with Crippen molar-refractivity contribution in [3.05, 3.63) is 70.2 Å². The van der Waals surface area contributed by atoms with Crippen LogP contribution >= 0.6 is 11.6 Å². The van der Waals surface area contributed by atoms with E-state index in [1.54, 1.807) is 18.2 Å². The van der Waals surface area contributed by atoms with Crippen LogP contribution in [-0.4, -0.2) is 11.7 Å². The standard InChI is InChI=1S/C19H20ClNO2/c1-13(22)15-5-4-6-16(12-15)19(2,3)21-18(23)11-14-7-9-17(20)10-8-14/h4-10,12H,11H2,1-3H3,(H,21,23). The molecule has 0 aliphatic heterocycles. The van der Waals surface area contributed by atoms with Crippen molar-refractivity contribution in [2.45, 2.75) is 32.7 Å². The van der Waals surface area contributed by atoms with Gasteiger partial charge in [-0.2, -0.15) is 0 Å². The Morgan fingerprint density at radius 1 is 1.09 bits per heavy atom. The van der Waals surface area contributed by atoms with Gasteiger partial charge in [-0.25, -0.2) is 0 Å². The van der Waals surface area contributed by atoms with E-state index in [2.05, 4.69) is 5.32 Å². The summed E-state index contributed by atoms with van der Waals surface area (Å²) in [7, 11) is 0. The highest BCUT2D eigenvalue weighted by Crippen LogP contribution is 2.21. The number of Topliss-reactive ketones (excluding diaryl/α,β-unsaturated/α-hetero) is 1.